The van der Waals surface area contributed by atoms with E-state index in [2.05, 4.69) is 5.32 Å². The molecular weight excluding hydrogens is 463 g/mol. The molecule has 2 aromatic carbocycles. The highest BCUT2D eigenvalue weighted by atomic mass is 35.5. The van der Waals surface area contributed by atoms with Crippen molar-refractivity contribution in [3.05, 3.63) is 52.0 Å². The molecule has 1 aliphatic heterocycles. The number of ether oxygens (including phenoxy) is 2. The third kappa shape index (κ3) is 5.63. The third-order valence-corrected chi connectivity index (χ3v) is 7.79. The molecule has 10 heteroatoms. The summed E-state index contributed by atoms with van der Waals surface area (Å²) in [6.07, 6.45) is 0.833. The van der Waals surface area contributed by atoms with Crippen LogP contribution < -0.4 is 14.8 Å². The summed E-state index contributed by atoms with van der Waals surface area (Å²) >= 11 is 12.2. The number of halogens is 2. The molecule has 0 saturated carbocycles. The van der Waals surface area contributed by atoms with Crippen LogP contribution >= 0.6 is 23.2 Å². The molecule has 1 aliphatic rings. The second-order valence-electron chi connectivity index (χ2n) is 7.19. The zero-order valence-electron chi connectivity index (χ0n) is 17.2. The van der Waals surface area contributed by atoms with Crippen LogP contribution in [0.25, 0.3) is 0 Å². The highest BCUT2D eigenvalue weighted by Gasteiger charge is 2.32. The van der Waals surface area contributed by atoms with Crippen molar-refractivity contribution in [1.82, 2.24) is 4.31 Å². The van der Waals surface area contributed by atoms with Crippen molar-refractivity contribution in [1.29, 1.82) is 0 Å². The van der Waals surface area contributed by atoms with Crippen LogP contribution in [0.2, 0.25) is 10.0 Å². The molecule has 168 valence electrons. The topological polar surface area (TPSA) is 84.9 Å². The minimum Gasteiger partial charge on any atom is -0.497 e. The number of nitrogens with one attached hydrogen (secondary N) is 1. The maximum Gasteiger partial charge on any atom is 0.227 e. The molecule has 0 bridgehead atoms. The Balaban J connectivity index is 1.62. The van der Waals surface area contributed by atoms with Crippen LogP contribution in [-0.4, -0.2) is 45.9 Å². The van der Waals surface area contributed by atoms with E-state index in [1.54, 1.807) is 43.5 Å². The molecule has 0 spiro atoms. The van der Waals surface area contributed by atoms with Gasteiger partial charge in [-0.1, -0.05) is 29.3 Å². The fourth-order valence-electron chi connectivity index (χ4n) is 3.48. The normalized spacial score (nSPS) is 15.5. The standard InChI is InChI=1S/C21H24Cl2N2O5S/c1-29-15-6-7-19(20(12-15)30-2)24-21(26)14-8-10-25(11-9-14)31(27,28)13-16-17(22)4-3-5-18(16)23/h3-7,12,14H,8-11,13H2,1-2H3,(H,24,26). The Morgan fingerprint density at radius 3 is 2.32 bits per heavy atom. The fraction of sp³-hybridized carbons (Fsp3) is 0.381. The van der Waals surface area contributed by atoms with Gasteiger partial charge in [0.05, 0.1) is 25.7 Å². The number of nitrogens with zero attached hydrogens (tertiary/aromatic N) is 1. The number of carbonyl (C=O) groups excluding carboxylic acids is 1. The summed E-state index contributed by atoms with van der Waals surface area (Å²) in [6, 6.07) is 10.0. The summed E-state index contributed by atoms with van der Waals surface area (Å²) in [4.78, 5) is 12.7. The van der Waals surface area contributed by atoms with Crippen LogP contribution in [0.5, 0.6) is 11.5 Å². The molecule has 31 heavy (non-hydrogen) atoms. The van der Waals surface area contributed by atoms with Crippen molar-refractivity contribution in [2.75, 3.05) is 32.6 Å². The minimum atomic E-state index is -3.61. The van der Waals surface area contributed by atoms with Crippen LogP contribution in [0.4, 0.5) is 5.69 Å². The molecule has 7 nitrogen and oxygen atoms in total. The van der Waals surface area contributed by atoms with E-state index in [4.69, 9.17) is 32.7 Å². The largest absolute Gasteiger partial charge is 0.497 e. The van der Waals surface area contributed by atoms with Crippen molar-refractivity contribution < 1.29 is 22.7 Å². The van der Waals surface area contributed by atoms with Crippen molar-refractivity contribution in [3.8, 4) is 11.5 Å². The summed E-state index contributed by atoms with van der Waals surface area (Å²) in [5.74, 6) is 0.360. The lowest BCUT2D eigenvalue weighted by Crippen LogP contribution is -2.42. The van der Waals surface area contributed by atoms with Gasteiger partial charge in [0.25, 0.3) is 0 Å². The van der Waals surface area contributed by atoms with E-state index in [0.29, 0.717) is 45.6 Å². The van der Waals surface area contributed by atoms with Gasteiger partial charge < -0.3 is 14.8 Å². The average molecular weight is 487 g/mol. The fourth-order valence-corrected chi connectivity index (χ4v) is 5.79. The lowest BCUT2D eigenvalue weighted by Gasteiger charge is -2.30. The number of hydrogen-bond donors (Lipinski definition) is 1. The number of sulfonamides is 1. The molecule has 0 aliphatic carbocycles. The van der Waals surface area contributed by atoms with Gasteiger partial charge in [0.1, 0.15) is 11.5 Å². The molecule has 0 radical (unpaired) electrons. The van der Waals surface area contributed by atoms with Gasteiger partial charge in [0.15, 0.2) is 0 Å². The summed E-state index contributed by atoms with van der Waals surface area (Å²) in [6.45, 7) is 0.504. The Morgan fingerprint density at radius 1 is 1.10 bits per heavy atom. The zero-order valence-corrected chi connectivity index (χ0v) is 19.6. The number of methoxy groups -OCH3 is 2. The highest BCUT2D eigenvalue weighted by molar-refractivity contribution is 7.88. The number of amides is 1. The van der Waals surface area contributed by atoms with Gasteiger partial charge >= 0.3 is 0 Å². The molecule has 0 atom stereocenters. The molecule has 1 heterocycles. The number of rotatable bonds is 7. The van der Waals surface area contributed by atoms with E-state index in [0.717, 1.165) is 0 Å². The minimum absolute atomic E-state index is 0.172. The van der Waals surface area contributed by atoms with Crippen LogP contribution in [0.3, 0.4) is 0 Å². The van der Waals surface area contributed by atoms with Crippen molar-refractivity contribution in [3.63, 3.8) is 0 Å². The Labute approximate surface area is 192 Å². The summed E-state index contributed by atoms with van der Waals surface area (Å²) in [7, 11) is -0.546. The molecule has 1 amide bonds. The van der Waals surface area contributed by atoms with Gasteiger partial charge in [-0.15, -0.1) is 0 Å². The average Bonchev–Trinajstić information content (AvgIpc) is 2.76. The van der Waals surface area contributed by atoms with E-state index >= 15 is 0 Å². The smallest absolute Gasteiger partial charge is 0.227 e. The lowest BCUT2D eigenvalue weighted by molar-refractivity contribution is -0.120. The van der Waals surface area contributed by atoms with E-state index in [1.165, 1.54) is 11.4 Å². The summed E-state index contributed by atoms with van der Waals surface area (Å²) in [5, 5.41) is 3.51. The first-order valence-electron chi connectivity index (χ1n) is 9.68. The molecule has 1 saturated heterocycles. The van der Waals surface area contributed by atoms with Crippen molar-refractivity contribution in [2.45, 2.75) is 18.6 Å². The molecule has 0 aromatic heterocycles. The monoisotopic (exact) mass is 486 g/mol. The maximum absolute atomic E-state index is 12.9. The van der Waals surface area contributed by atoms with Gasteiger partial charge in [-0.3, -0.25) is 4.79 Å². The molecule has 1 fully saturated rings. The lowest BCUT2D eigenvalue weighted by atomic mass is 9.97. The predicted molar refractivity (Wildman–Crippen MR) is 122 cm³/mol. The Hall–Kier alpha value is -2.00. The van der Waals surface area contributed by atoms with Gasteiger partial charge in [-0.05, 0) is 37.1 Å². The van der Waals surface area contributed by atoms with Gasteiger partial charge in [-0.2, -0.15) is 0 Å². The number of piperidine rings is 1. The maximum atomic E-state index is 12.9. The Morgan fingerprint density at radius 2 is 1.74 bits per heavy atom. The molecular formula is C21H24Cl2N2O5S. The predicted octanol–water partition coefficient (Wildman–Crippen LogP) is 4.19. The van der Waals surface area contributed by atoms with Gasteiger partial charge in [0, 0.05) is 40.7 Å². The van der Waals surface area contributed by atoms with E-state index < -0.39 is 10.0 Å². The number of carbonyl (C=O) groups is 1. The Kier molecular flexibility index (Phi) is 7.69. The first kappa shape index (κ1) is 23.7. The molecule has 1 N–H and O–H groups in total. The van der Waals surface area contributed by atoms with Crippen LogP contribution in [0.1, 0.15) is 18.4 Å². The van der Waals surface area contributed by atoms with E-state index in [9.17, 15) is 13.2 Å². The zero-order chi connectivity index (χ0) is 22.6. The highest BCUT2D eigenvalue weighted by Crippen LogP contribution is 2.31. The SMILES string of the molecule is COc1ccc(NC(=O)C2CCN(S(=O)(=O)Cc3c(Cl)cccc3Cl)CC2)c(OC)c1. The number of hydrogen-bond acceptors (Lipinski definition) is 5. The van der Waals surface area contributed by atoms with E-state index in [-0.39, 0.29) is 30.7 Å². The van der Waals surface area contributed by atoms with Gasteiger partial charge in [-0.25, -0.2) is 12.7 Å². The van der Waals surface area contributed by atoms with Crippen LogP contribution in [0.15, 0.2) is 36.4 Å². The second-order valence-corrected chi connectivity index (χ2v) is 9.97. The molecule has 2 aromatic rings. The number of benzene rings is 2. The van der Waals surface area contributed by atoms with Crippen LogP contribution in [0, 0.1) is 5.92 Å². The first-order chi connectivity index (χ1) is 14.7. The van der Waals surface area contributed by atoms with Crippen molar-refractivity contribution >= 4 is 44.8 Å². The van der Waals surface area contributed by atoms with Crippen molar-refractivity contribution in [2.24, 2.45) is 5.92 Å². The molecule has 0 unspecified atom stereocenters. The van der Waals surface area contributed by atoms with E-state index in [1.807, 2.05) is 0 Å². The summed E-state index contributed by atoms with van der Waals surface area (Å²) < 4.78 is 37.6. The van der Waals surface area contributed by atoms with Gasteiger partial charge in [0.2, 0.25) is 15.9 Å². The number of anilines is 1. The summed E-state index contributed by atoms with van der Waals surface area (Å²) in [5.41, 5.74) is 0.925. The molecule has 3 rings (SSSR count). The second kappa shape index (κ2) is 10.1. The first-order valence-corrected chi connectivity index (χ1v) is 12.0. The Bertz CT molecular complexity index is 1030. The third-order valence-electron chi connectivity index (χ3n) is 5.27. The quantitative estimate of drug-likeness (QED) is 0.633. The van der Waals surface area contributed by atoms with Crippen LogP contribution in [-0.2, 0) is 20.6 Å².